The topological polar surface area (TPSA) is 86.7 Å². The van der Waals surface area contributed by atoms with E-state index in [4.69, 9.17) is 15.2 Å². The van der Waals surface area contributed by atoms with Gasteiger partial charge in [-0.3, -0.25) is 0 Å². The van der Waals surface area contributed by atoms with Crippen molar-refractivity contribution < 1.29 is 22.6 Å². The van der Waals surface area contributed by atoms with E-state index in [1.165, 1.54) is 25.0 Å². The van der Waals surface area contributed by atoms with Gasteiger partial charge in [0.25, 0.3) is 0 Å². The number of alkyl halides is 3. The van der Waals surface area contributed by atoms with Crippen LogP contribution >= 0.6 is 0 Å². The van der Waals surface area contributed by atoms with Crippen LogP contribution in [0.4, 0.5) is 18.9 Å². The average molecular weight is 447 g/mol. The van der Waals surface area contributed by atoms with Crippen molar-refractivity contribution >= 4 is 11.6 Å². The lowest BCUT2D eigenvalue weighted by Crippen LogP contribution is -2.23. The molecule has 2 aromatic carbocycles. The van der Waals surface area contributed by atoms with Gasteiger partial charge in [0.05, 0.1) is 37.7 Å². The Morgan fingerprint density at radius 1 is 1.06 bits per heavy atom. The standard InChI is InChI=1S/C22H24F3N5O2/c1-13-9-14(2)30(29-13)17-7-5-15(18(11-17)22(23,24)25)12-27-21(26)28-16-6-8-19(31-3)20(10-16)32-4/h5-11H,12H2,1-4H3,(H3,26,27,28). The van der Waals surface area contributed by atoms with E-state index in [0.717, 1.165) is 17.5 Å². The molecular formula is C22H24F3N5O2. The fourth-order valence-corrected chi connectivity index (χ4v) is 3.26. The second-order valence-electron chi connectivity index (χ2n) is 7.07. The van der Waals surface area contributed by atoms with Crippen LogP contribution in [0.1, 0.15) is 22.5 Å². The number of guanidine groups is 1. The molecule has 0 radical (unpaired) electrons. The van der Waals surface area contributed by atoms with Gasteiger partial charge in [-0.1, -0.05) is 6.07 Å². The summed E-state index contributed by atoms with van der Waals surface area (Å²) in [5, 5.41) is 7.09. The minimum atomic E-state index is -4.55. The summed E-state index contributed by atoms with van der Waals surface area (Å²) in [5.74, 6) is 0.975. The first-order chi connectivity index (χ1) is 15.1. The number of aliphatic imine (C=N–C) groups is 1. The van der Waals surface area contributed by atoms with Crippen molar-refractivity contribution in [2.45, 2.75) is 26.6 Å². The van der Waals surface area contributed by atoms with Crippen LogP contribution in [0.3, 0.4) is 0 Å². The Bertz CT molecular complexity index is 1140. The third kappa shape index (κ3) is 5.13. The number of hydrogen-bond donors (Lipinski definition) is 2. The molecule has 1 aromatic heterocycles. The van der Waals surface area contributed by atoms with Crippen molar-refractivity contribution in [3.8, 4) is 17.2 Å². The zero-order chi connectivity index (χ0) is 23.5. The second-order valence-corrected chi connectivity index (χ2v) is 7.07. The zero-order valence-electron chi connectivity index (χ0n) is 18.1. The number of aryl methyl sites for hydroxylation is 2. The van der Waals surface area contributed by atoms with Crippen LogP contribution in [-0.4, -0.2) is 30.0 Å². The average Bonchev–Trinajstić information content (AvgIpc) is 3.09. The lowest BCUT2D eigenvalue weighted by Gasteiger charge is -2.15. The maximum atomic E-state index is 13.7. The maximum absolute atomic E-state index is 13.7. The van der Waals surface area contributed by atoms with Crippen molar-refractivity contribution in [1.82, 2.24) is 9.78 Å². The molecule has 3 N–H and O–H groups in total. The maximum Gasteiger partial charge on any atom is 0.416 e. The van der Waals surface area contributed by atoms with Crippen LogP contribution in [0.15, 0.2) is 47.5 Å². The first-order valence-corrected chi connectivity index (χ1v) is 9.65. The number of aromatic nitrogens is 2. The number of benzene rings is 2. The molecule has 0 fully saturated rings. The summed E-state index contributed by atoms with van der Waals surface area (Å²) in [7, 11) is 3.01. The molecule has 1 heterocycles. The fourth-order valence-electron chi connectivity index (χ4n) is 3.26. The minimum absolute atomic E-state index is 0.000146. The molecule has 0 saturated carbocycles. The van der Waals surface area contributed by atoms with Crippen molar-refractivity contribution in [2.24, 2.45) is 10.7 Å². The molecule has 0 saturated heterocycles. The van der Waals surface area contributed by atoms with Crippen LogP contribution in [0.25, 0.3) is 5.69 Å². The van der Waals surface area contributed by atoms with Crippen molar-refractivity contribution in [3.05, 3.63) is 65.0 Å². The molecule has 7 nitrogen and oxygen atoms in total. The molecule has 0 unspecified atom stereocenters. The van der Waals surface area contributed by atoms with Crippen molar-refractivity contribution in [3.63, 3.8) is 0 Å². The third-order valence-corrected chi connectivity index (χ3v) is 4.73. The summed E-state index contributed by atoms with van der Waals surface area (Å²) in [6, 6.07) is 10.8. The summed E-state index contributed by atoms with van der Waals surface area (Å²) in [4.78, 5) is 4.07. The Hall–Kier alpha value is -3.69. The molecule has 0 amide bonds. The van der Waals surface area contributed by atoms with Crippen LogP contribution in [-0.2, 0) is 12.7 Å². The Labute approximate surface area is 183 Å². The van der Waals surface area contributed by atoms with Crippen LogP contribution < -0.4 is 20.5 Å². The lowest BCUT2D eigenvalue weighted by atomic mass is 10.1. The molecule has 0 bridgehead atoms. The van der Waals surface area contributed by atoms with E-state index in [9.17, 15) is 13.2 Å². The Morgan fingerprint density at radius 3 is 2.38 bits per heavy atom. The van der Waals surface area contributed by atoms with Gasteiger partial charge < -0.3 is 20.5 Å². The van der Waals surface area contributed by atoms with Crippen LogP contribution in [0.5, 0.6) is 11.5 Å². The molecule has 32 heavy (non-hydrogen) atoms. The minimum Gasteiger partial charge on any atom is -0.493 e. The number of halogens is 3. The van der Waals surface area contributed by atoms with Gasteiger partial charge in [0.2, 0.25) is 0 Å². The Morgan fingerprint density at radius 2 is 1.78 bits per heavy atom. The van der Waals surface area contributed by atoms with E-state index >= 15 is 0 Å². The molecule has 0 aliphatic rings. The van der Waals surface area contributed by atoms with Crippen LogP contribution in [0, 0.1) is 13.8 Å². The highest BCUT2D eigenvalue weighted by Gasteiger charge is 2.33. The van der Waals surface area contributed by atoms with E-state index in [-0.39, 0.29) is 18.1 Å². The van der Waals surface area contributed by atoms with Gasteiger partial charge in [0.15, 0.2) is 17.5 Å². The molecular weight excluding hydrogens is 423 g/mol. The first kappa shape index (κ1) is 23.0. The van der Waals surface area contributed by atoms with Gasteiger partial charge in [-0.05, 0) is 49.7 Å². The number of nitrogens with zero attached hydrogens (tertiary/aromatic N) is 3. The number of ether oxygens (including phenoxy) is 2. The monoisotopic (exact) mass is 447 g/mol. The number of rotatable bonds is 6. The molecule has 0 aliphatic heterocycles. The smallest absolute Gasteiger partial charge is 0.416 e. The van der Waals surface area contributed by atoms with Gasteiger partial charge in [0.1, 0.15) is 0 Å². The predicted molar refractivity (Wildman–Crippen MR) is 117 cm³/mol. The van der Waals surface area contributed by atoms with Gasteiger partial charge in [0, 0.05) is 17.4 Å². The molecule has 170 valence electrons. The fraction of sp³-hybridized carbons (Fsp3) is 0.273. The van der Waals surface area contributed by atoms with Crippen molar-refractivity contribution in [2.75, 3.05) is 19.5 Å². The van der Waals surface area contributed by atoms with Crippen molar-refractivity contribution in [1.29, 1.82) is 0 Å². The van der Waals surface area contributed by atoms with E-state index < -0.39 is 11.7 Å². The van der Waals surface area contributed by atoms with Gasteiger partial charge >= 0.3 is 6.18 Å². The molecule has 3 aromatic rings. The first-order valence-electron chi connectivity index (χ1n) is 9.65. The predicted octanol–water partition coefficient (Wildman–Crippen LogP) is 4.45. The number of nitrogens with one attached hydrogen (secondary N) is 1. The largest absolute Gasteiger partial charge is 0.493 e. The summed E-state index contributed by atoms with van der Waals surface area (Å²) in [6.45, 7) is 3.32. The summed E-state index contributed by atoms with van der Waals surface area (Å²) in [6.07, 6.45) is -4.55. The van der Waals surface area contributed by atoms with E-state index in [2.05, 4.69) is 15.4 Å². The Balaban J connectivity index is 1.84. The van der Waals surface area contributed by atoms with E-state index in [0.29, 0.717) is 22.9 Å². The van der Waals surface area contributed by atoms with Gasteiger partial charge in [-0.15, -0.1) is 0 Å². The summed E-state index contributed by atoms with van der Waals surface area (Å²) in [5.41, 5.74) is 7.45. The SMILES string of the molecule is COc1ccc(NC(N)=NCc2ccc(-n3nc(C)cc3C)cc2C(F)(F)F)cc1OC. The quantitative estimate of drug-likeness (QED) is 0.431. The molecule has 0 aliphatic carbocycles. The highest BCUT2D eigenvalue weighted by Crippen LogP contribution is 2.34. The number of methoxy groups -OCH3 is 2. The summed E-state index contributed by atoms with van der Waals surface area (Å²) < 4.78 is 53.0. The zero-order valence-corrected chi connectivity index (χ0v) is 18.1. The molecule has 0 atom stereocenters. The third-order valence-electron chi connectivity index (χ3n) is 4.73. The van der Waals surface area contributed by atoms with Crippen LogP contribution in [0.2, 0.25) is 0 Å². The number of nitrogens with two attached hydrogens (primary N) is 1. The molecule has 10 heteroatoms. The highest BCUT2D eigenvalue weighted by molar-refractivity contribution is 5.92. The number of anilines is 1. The number of hydrogen-bond acceptors (Lipinski definition) is 4. The Kier molecular flexibility index (Phi) is 6.61. The summed E-state index contributed by atoms with van der Waals surface area (Å²) >= 11 is 0. The molecule has 3 rings (SSSR count). The highest BCUT2D eigenvalue weighted by atomic mass is 19.4. The lowest BCUT2D eigenvalue weighted by molar-refractivity contribution is -0.138. The van der Waals surface area contributed by atoms with E-state index in [1.54, 1.807) is 44.2 Å². The second kappa shape index (κ2) is 9.21. The van der Waals surface area contributed by atoms with Gasteiger partial charge in [-0.25, -0.2) is 9.67 Å². The van der Waals surface area contributed by atoms with E-state index in [1.807, 2.05) is 0 Å². The molecule has 0 spiro atoms. The normalized spacial score (nSPS) is 12.0. The van der Waals surface area contributed by atoms with Gasteiger partial charge in [-0.2, -0.15) is 18.3 Å².